The third-order valence-corrected chi connectivity index (χ3v) is 12.4. The van der Waals surface area contributed by atoms with Crippen LogP contribution < -0.4 is 0 Å². The molecule has 0 aromatic heterocycles. The molecule has 11 heteroatoms. The molecule has 0 heterocycles. The Labute approximate surface area is 375 Å². The van der Waals surface area contributed by atoms with Gasteiger partial charge in [0.15, 0.2) is 6.10 Å². The standard InChI is InChI=1S/C50H97O10P/c1-3-5-7-9-11-13-15-17-19-21-22-23-24-26-27-29-31-33-35-37-39-41-49(53)57-45-48(46-59-61(55,56)58-44-47(52)43-51)60-50(54)42-40-38-36-34-32-30-28-25-20-18-16-14-12-10-8-6-4-2/h18,20,47-48,51-52H,3-17,19,21-46H2,1-2H3,(H,55,56)/b20-18+/t47-,48+/m0/s1. The number of phosphoric ester groups is 1. The number of carbonyl (C=O) groups is 2. The van der Waals surface area contributed by atoms with Crippen molar-refractivity contribution in [2.45, 2.75) is 270 Å². The Morgan fingerprint density at radius 1 is 0.475 bits per heavy atom. The smallest absolute Gasteiger partial charge is 0.462 e. The quantitative estimate of drug-likeness (QED) is 0.0233. The van der Waals surface area contributed by atoms with Crippen molar-refractivity contribution >= 4 is 19.8 Å². The van der Waals surface area contributed by atoms with Gasteiger partial charge in [-0.3, -0.25) is 18.6 Å². The highest BCUT2D eigenvalue weighted by Crippen LogP contribution is 2.43. The van der Waals surface area contributed by atoms with Gasteiger partial charge in [-0.05, 0) is 38.5 Å². The highest BCUT2D eigenvalue weighted by molar-refractivity contribution is 7.47. The predicted molar refractivity (Wildman–Crippen MR) is 252 cm³/mol. The minimum Gasteiger partial charge on any atom is -0.462 e. The number of phosphoric acid groups is 1. The first-order valence-electron chi connectivity index (χ1n) is 25.6. The SMILES string of the molecule is CCCCCCCC/C=C/CCCCCCCCCC(=O)O[C@H](COC(=O)CCCCCCCCCCCCCCCCCCCCCCC)COP(=O)(O)OC[C@@H](O)CO. The monoisotopic (exact) mass is 889 g/mol. The fourth-order valence-electron chi connectivity index (χ4n) is 7.46. The number of aliphatic hydroxyl groups is 2. The average Bonchev–Trinajstić information content (AvgIpc) is 3.25. The topological polar surface area (TPSA) is 149 Å². The van der Waals surface area contributed by atoms with Crippen LogP contribution in [0.2, 0.25) is 0 Å². The van der Waals surface area contributed by atoms with Crippen LogP contribution in [0.5, 0.6) is 0 Å². The lowest BCUT2D eigenvalue weighted by Crippen LogP contribution is -2.29. The molecule has 0 aliphatic carbocycles. The summed E-state index contributed by atoms with van der Waals surface area (Å²) in [6.07, 6.45) is 47.5. The molecule has 3 N–H and O–H groups in total. The summed E-state index contributed by atoms with van der Waals surface area (Å²) in [4.78, 5) is 35.2. The Morgan fingerprint density at radius 2 is 0.803 bits per heavy atom. The molecule has 0 aliphatic rings. The van der Waals surface area contributed by atoms with Crippen LogP contribution in [0, 0.1) is 0 Å². The Kier molecular flexibility index (Phi) is 45.7. The molecule has 0 fully saturated rings. The molecule has 0 saturated carbocycles. The van der Waals surface area contributed by atoms with E-state index >= 15 is 0 Å². The largest absolute Gasteiger partial charge is 0.472 e. The lowest BCUT2D eigenvalue weighted by Gasteiger charge is -2.20. The molecule has 0 aromatic rings. The number of hydrogen-bond donors (Lipinski definition) is 3. The molecule has 0 aromatic carbocycles. The van der Waals surface area contributed by atoms with Gasteiger partial charge in [-0.2, -0.15) is 0 Å². The van der Waals surface area contributed by atoms with E-state index in [1.54, 1.807) is 0 Å². The van der Waals surface area contributed by atoms with E-state index in [-0.39, 0.29) is 19.4 Å². The number of unbranched alkanes of at least 4 members (excludes halogenated alkanes) is 33. The maximum absolute atomic E-state index is 12.7. The van der Waals surface area contributed by atoms with Crippen LogP contribution in [0.15, 0.2) is 12.2 Å². The summed E-state index contributed by atoms with van der Waals surface area (Å²) in [7, 11) is -4.62. The van der Waals surface area contributed by atoms with Crippen molar-refractivity contribution < 1.29 is 47.8 Å². The zero-order valence-corrected chi connectivity index (χ0v) is 40.5. The molecule has 10 nitrogen and oxygen atoms in total. The molecule has 0 amide bonds. The number of ether oxygens (including phenoxy) is 2. The van der Waals surface area contributed by atoms with E-state index in [2.05, 4.69) is 26.0 Å². The van der Waals surface area contributed by atoms with Gasteiger partial charge in [0.2, 0.25) is 0 Å². The van der Waals surface area contributed by atoms with Crippen molar-refractivity contribution in [3.63, 3.8) is 0 Å². The summed E-state index contributed by atoms with van der Waals surface area (Å²) < 4.78 is 32.9. The normalized spacial score (nSPS) is 13.7. The van der Waals surface area contributed by atoms with Crippen molar-refractivity contribution in [2.75, 3.05) is 26.4 Å². The van der Waals surface area contributed by atoms with Gasteiger partial charge in [0, 0.05) is 12.8 Å². The maximum Gasteiger partial charge on any atom is 0.472 e. The zero-order valence-electron chi connectivity index (χ0n) is 39.7. The van der Waals surface area contributed by atoms with Crippen LogP contribution in [-0.2, 0) is 32.7 Å². The van der Waals surface area contributed by atoms with Crippen LogP contribution in [0.3, 0.4) is 0 Å². The number of esters is 2. The summed E-state index contributed by atoms with van der Waals surface area (Å²) in [5.74, 6) is -0.913. The molecule has 362 valence electrons. The van der Waals surface area contributed by atoms with Gasteiger partial charge in [0.25, 0.3) is 0 Å². The number of hydrogen-bond acceptors (Lipinski definition) is 9. The second kappa shape index (κ2) is 46.7. The molecule has 3 atom stereocenters. The first kappa shape index (κ1) is 59.7. The number of aliphatic hydroxyl groups excluding tert-OH is 2. The van der Waals surface area contributed by atoms with E-state index in [1.807, 2.05) is 0 Å². The van der Waals surface area contributed by atoms with Crippen molar-refractivity contribution in [3.05, 3.63) is 12.2 Å². The molecular weight excluding hydrogens is 792 g/mol. The van der Waals surface area contributed by atoms with E-state index < -0.39 is 51.8 Å². The first-order chi connectivity index (χ1) is 29.7. The fourth-order valence-corrected chi connectivity index (χ4v) is 8.25. The fraction of sp³-hybridized carbons (Fsp3) is 0.920. The van der Waals surface area contributed by atoms with Gasteiger partial charge in [-0.25, -0.2) is 4.57 Å². The second-order valence-corrected chi connectivity index (χ2v) is 19.0. The number of carbonyl (C=O) groups excluding carboxylic acids is 2. The predicted octanol–water partition coefficient (Wildman–Crippen LogP) is 14.3. The Morgan fingerprint density at radius 3 is 1.18 bits per heavy atom. The van der Waals surface area contributed by atoms with E-state index in [4.69, 9.17) is 23.6 Å². The molecule has 61 heavy (non-hydrogen) atoms. The van der Waals surface area contributed by atoms with Crippen molar-refractivity contribution in [2.24, 2.45) is 0 Å². The summed E-state index contributed by atoms with van der Waals surface area (Å²) in [5.41, 5.74) is 0. The molecule has 0 saturated heterocycles. The molecular formula is C50H97O10P. The summed E-state index contributed by atoms with van der Waals surface area (Å²) in [6.45, 7) is 2.43. The Hall–Kier alpha value is -1.29. The van der Waals surface area contributed by atoms with Crippen molar-refractivity contribution in [1.82, 2.24) is 0 Å². The van der Waals surface area contributed by atoms with Crippen LogP contribution in [0.25, 0.3) is 0 Å². The number of rotatable bonds is 49. The van der Waals surface area contributed by atoms with Gasteiger partial charge in [0.05, 0.1) is 19.8 Å². The zero-order chi connectivity index (χ0) is 44.8. The van der Waals surface area contributed by atoms with Gasteiger partial charge in [-0.1, -0.05) is 219 Å². The third-order valence-electron chi connectivity index (χ3n) is 11.4. The molecule has 0 bridgehead atoms. The second-order valence-electron chi connectivity index (χ2n) is 17.6. The molecule has 0 spiro atoms. The third kappa shape index (κ3) is 46.5. The lowest BCUT2D eigenvalue weighted by atomic mass is 10.0. The lowest BCUT2D eigenvalue weighted by molar-refractivity contribution is -0.161. The highest BCUT2D eigenvalue weighted by Gasteiger charge is 2.27. The average molecular weight is 889 g/mol. The maximum atomic E-state index is 12.7. The first-order valence-corrected chi connectivity index (χ1v) is 27.1. The van der Waals surface area contributed by atoms with E-state index in [0.717, 1.165) is 38.5 Å². The van der Waals surface area contributed by atoms with Gasteiger partial charge < -0.3 is 24.6 Å². The van der Waals surface area contributed by atoms with Crippen molar-refractivity contribution in [1.29, 1.82) is 0 Å². The molecule has 0 aliphatic heterocycles. The van der Waals surface area contributed by atoms with Crippen LogP contribution in [0.1, 0.15) is 258 Å². The molecule has 0 rings (SSSR count). The highest BCUT2D eigenvalue weighted by atomic mass is 31.2. The van der Waals surface area contributed by atoms with E-state index in [1.165, 1.54) is 180 Å². The minimum absolute atomic E-state index is 0.184. The molecule has 1 unspecified atom stereocenters. The van der Waals surface area contributed by atoms with Gasteiger partial charge >= 0.3 is 19.8 Å². The Balaban J connectivity index is 4.13. The summed E-state index contributed by atoms with van der Waals surface area (Å²) in [5, 5.41) is 18.4. The summed E-state index contributed by atoms with van der Waals surface area (Å²) >= 11 is 0. The van der Waals surface area contributed by atoms with Crippen LogP contribution >= 0.6 is 7.82 Å². The van der Waals surface area contributed by atoms with E-state index in [9.17, 15) is 24.2 Å². The molecule has 0 radical (unpaired) electrons. The Bertz CT molecular complexity index is 1020. The number of allylic oxidation sites excluding steroid dienone is 2. The van der Waals surface area contributed by atoms with E-state index in [0.29, 0.717) is 12.8 Å². The van der Waals surface area contributed by atoms with Crippen LogP contribution in [0.4, 0.5) is 0 Å². The van der Waals surface area contributed by atoms with Gasteiger partial charge in [0.1, 0.15) is 12.7 Å². The van der Waals surface area contributed by atoms with Crippen molar-refractivity contribution in [3.8, 4) is 0 Å². The van der Waals surface area contributed by atoms with Gasteiger partial charge in [-0.15, -0.1) is 0 Å². The minimum atomic E-state index is -4.62. The van der Waals surface area contributed by atoms with Crippen LogP contribution in [-0.4, -0.2) is 65.7 Å². The summed E-state index contributed by atoms with van der Waals surface area (Å²) in [6, 6.07) is 0.